The summed E-state index contributed by atoms with van der Waals surface area (Å²) in [6, 6.07) is 3.56. The summed E-state index contributed by atoms with van der Waals surface area (Å²) in [5, 5.41) is 26.3. The molecule has 0 spiro atoms. The molecule has 4 fully saturated rings. The first-order chi connectivity index (χ1) is 16.2. The number of carbonyl (C=O) groups excluding carboxylic acids is 1. The summed E-state index contributed by atoms with van der Waals surface area (Å²) in [5.74, 6) is 1.09. The normalized spacial score (nSPS) is 26.7. The lowest BCUT2D eigenvalue weighted by Crippen LogP contribution is -2.55. The van der Waals surface area contributed by atoms with Crippen molar-refractivity contribution in [3.63, 3.8) is 0 Å². The van der Waals surface area contributed by atoms with E-state index in [1.165, 1.54) is 37.7 Å². The van der Waals surface area contributed by atoms with Crippen LogP contribution in [0.5, 0.6) is 0 Å². The van der Waals surface area contributed by atoms with Crippen LogP contribution in [0, 0.1) is 38.0 Å². The number of anilines is 2. The molecule has 0 radical (unpaired) electrons. The zero-order valence-corrected chi connectivity index (χ0v) is 18.7. The molecule has 1 heterocycles. The minimum Gasteiger partial charge on any atom is -0.359 e. The fourth-order valence-corrected chi connectivity index (χ4v) is 6.42. The summed E-state index contributed by atoms with van der Waals surface area (Å²) in [6.45, 7) is 0. The molecule has 4 aliphatic carbocycles. The van der Waals surface area contributed by atoms with Crippen LogP contribution in [0.4, 0.5) is 23.0 Å². The lowest BCUT2D eigenvalue weighted by Gasteiger charge is -2.57. The van der Waals surface area contributed by atoms with Crippen molar-refractivity contribution in [3.05, 3.63) is 55.3 Å². The summed E-state index contributed by atoms with van der Waals surface area (Å²) in [5.41, 5.74) is 3.71. The average molecular weight is 488 g/mol. The quantitative estimate of drug-likeness (QED) is 0.385. The third-order valence-electron chi connectivity index (χ3n) is 7.13. The number of nitro groups is 2. The summed E-state index contributed by atoms with van der Waals surface area (Å²) in [4.78, 5) is 42.3. The zero-order valence-electron chi connectivity index (χ0n) is 18.0. The summed E-state index contributed by atoms with van der Waals surface area (Å²) >= 11 is 5.78. The Labute approximate surface area is 198 Å². The summed E-state index contributed by atoms with van der Waals surface area (Å²) < 4.78 is 0. The number of hydrogen-bond donors (Lipinski definition) is 3. The number of nitro benzene ring substituents is 1. The topological polar surface area (TPSA) is 165 Å². The fraction of sp³-hybridized carbons (Fsp3) is 0.476. The van der Waals surface area contributed by atoms with Crippen molar-refractivity contribution in [1.29, 1.82) is 0 Å². The van der Waals surface area contributed by atoms with Gasteiger partial charge in [0.05, 0.1) is 9.85 Å². The Hall–Kier alpha value is -3.54. The number of halogens is 1. The molecule has 4 bridgehead atoms. The predicted octanol–water partition coefficient (Wildman–Crippen LogP) is 4.08. The number of benzene rings is 1. The molecule has 1 amide bonds. The second-order valence-electron chi connectivity index (χ2n) is 9.50. The Bertz CT molecular complexity index is 1150. The zero-order chi connectivity index (χ0) is 24.0. The third kappa shape index (κ3) is 4.09. The molecular formula is C21H22ClN7O5. The van der Waals surface area contributed by atoms with Crippen molar-refractivity contribution in [2.24, 2.45) is 17.8 Å². The molecule has 1 aromatic carbocycles. The SMILES string of the molecule is O=C(NNc1ncnc(NC23CC4CC(CC(C4)C2)C3)c1[N+](=O)[O-])c1ccc(Cl)c([N+](=O)[O-])c1. The van der Waals surface area contributed by atoms with E-state index in [2.05, 4.69) is 26.1 Å². The van der Waals surface area contributed by atoms with Crippen molar-refractivity contribution in [2.45, 2.75) is 44.1 Å². The molecule has 4 aliphatic rings. The van der Waals surface area contributed by atoms with E-state index < -0.39 is 21.4 Å². The van der Waals surface area contributed by atoms with E-state index in [4.69, 9.17) is 11.6 Å². The van der Waals surface area contributed by atoms with Crippen LogP contribution in [0.15, 0.2) is 24.5 Å². The van der Waals surface area contributed by atoms with Crippen molar-refractivity contribution in [2.75, 3.05) is 10.7 Å². The Kier molecular flexibility index (Phi) is 5.47. The molecule has 0 atom stereocenters. The smallest absolute Gasteiger partial charge is 0.354 e. The van der Waals surface area contributed by atoms with Crippen LogP contribution in [-0.4, -0.2) is 31.3 Å². The maximum Gasteiger partial charge on any atom is 0.354 e. The fourth-order valence-electron chi connectivity index (χ4n) is 6.23. The van der Waals surface area contributed by atoms with E-state index in [1.54, 1.807) is 0 Å². The van der Waals surface area contributed by atoms with Gasteiger partial charge >= 0.3 is 5.69 Å². The van der Waals surface area contributed by atoms with E-state index >= 15 is 0 Å². The maximum atomic E-state index is 12.5. The lowest BCUT2D eigenvalue weighted by atomic mass is 9.53. The van der Waals surface area contributed by atoms with Crippen LogP contribution in [0.1, 0.15) is 48.9 Å². The minimum atomic E-state index is -0.747. The molecule has 6 rings (SSSR count). The van der Waals surface area contributed by atoms with Gasteiger partial charge in [0.2, 0.25) is 11.6 Å². The largest absolute Gasteiger partial charge is 0.359 e. The highest BCUT2D eigenvalue weighted by atomic mass is 35.5. The van der Waals surface area contributed by atoms with E-state index in [9.17, 15) is 25.0 Å². The van der Waals surface area contributed by atoms with E-state index in [-0.39, 0.29) is 33.4 Å². The van der Waals surface area contributed by atoms with E-state index in [0.717, 1.165) is 25.3 Å². The van der Waals surface area contributed by atoms with Crippen molar-refractivity contribution in [1.82, 2.24) is 15.4 Å². The van der Waals surface area contributed by atoms with Gasteiger partial charge in [0.1, 0.15) is 11.3 Å². The average Bonchev–Trinajstić information content (AvgIpc) is 2.76. The Balaban J connectivity index is 1.36. The summed E-state index contributed by atoms with van der Waals surface area (Å²) in [6.07, 6.45) is 7.79. The van der Waals surface area contributed by atoms with Crippen molar-refractivity contribution < 1.29 is 14.6 Å². The molecule has 34 heavy (non-hydrogen) atoms. The van der Waals surface area contributed by atoms with Gasteiger partial charge in [-0.05, 0) is 68.4 Å². The second kappa shape index (κ2) is 8.35. The first kappa shape index (κ1) is 22.3. The van der Waals surface area contributed by atoms with Crippen LogP contribution in [0.2, 0.25) is 5.02 Å². The van der Waals surface area contributed by atoms with Gasteiger partial charge in [0, 0.05) is 17.2 Å². The molecule has 3 N–H and O–H groups in total. The highest BCUT2D eigenvalue weighted by Gasteiger charge is 2.51. The first-order valence-electron chi connectivity index (χ1n) is 11.0. The van der Waals surface area contributed by atoms with Crippen LogP contribution >= 0.6 is 11.6 Å². The molecule has 1 aromatic heterocycles. The number of aromatic nitrogens is 2. The lowest BCUT2D eigenvalue weighted by molar-refractivity contribution is -0.384. The van der Waals surface area contributed by atoms with E-state index in [0.29, 0.717) is 17.8 Å². The van der Waals surface area contributed by atoms with Gasteiger partial charge in [0.15, 0.2) is 0 Å². The minimum absolute atomic E-state index is 0.0489. The first-order valence-corrected chi connectivity index (χ1v) is 11.4. The van der Waals surface area contributed by atoms with Gasteiger partial charge in [-0.2, -0.15) is 0 Å². The Morgan fingerprint density at radius 1 is 1.00 bits per heavy atom. The molecule has 4 saturated carbocycles. The van der Waals surface area contributed by atoms with Crippen LogP contribution in [-0.2, 0) is 0 Å². The molecule has 12 nitrogen and oxygen atoms in total. The molecule has 0 saturated heterocycles. The number of carbonyl (C=O) groups is 1. The highest BCUT2D eigenvalue weighted by molar-refractivity contribution is 6.32. The van der Waals surface area contributed by atoms with Crippen molar-refractivity contribution in [3.8, 4) is 0 Å². The van der Waals surface area contributed by atoms with Crippen molar-refractivity contribution >= 4 is 40.5 Å². The van der Waals surface area contributed by atoms with Gasteiger partial charge in [-0.25, -0.2) is 9.97 Å². The standard InChI is InChI=1S/C21H22ClN7O5/c22-15-2-1-14(6-16(15)28(31)32)20(30)27-26-19-17(29(33)34)18(23-10-24-19)25-21-7-11-3-12(8-21)5-13(4-11)9-21/h1-2,6,10-13H,3-5,7-9H2,(H,27,30)(H2,23,24,25,26). The number of nitrogens with one attached hydrogen (secondary N) is 3. The Morgan fingerprint density at radius 2 is 1.62 bits per heavy atom. The molecule has 2 aromatic rings. The second-order valence-corrected chi connectivity index (χ2v) is 9.91. The number of amides is 1. The van der Waals surface area contributed by atoms with Crippen LogP contribution in [0.3, 0.4) is 0 Å². The molecule has 0 aliphatic heterocycles. The van der Waals surface area contributed by atoms with Gasteiger partial charge in [-0.3, -0.25) is 35.9 Å². The number of rotatable bonds is 7. The van der Waals surface area contributed by atoms with Crippen LogP contribution in [0.25, 0.3) is 0 Å². The highest BCUT2D eigenvalue weighted by Crippen LogP contribution is 2.57. The van der Waals surface area contributed by atoms with Gasteiger partial charge in [-0.15, -0.1) is 0 Å². The molecule has 0 unspecified atom stereocenters. The monoisotopic (exact) mass is 487 g/mol. The maximum absolute atomic E-state index is 12.5. The van der Waals surface area contributed by atoms with Gasteiger partial charge in [-0.1, -0.05) is 11.6 Å². The van der Waals surface area contributed by atoms with Crippen LogP contribution < -0.4 is 16.2 Å². The number of nitrogens with zero attached hydrogens (tertiary/aromatic N) is 4. The molecular weight excluding hydrogens is 466 g/mol. The number of hydrazine groups is 1. The number of hydrogen-bond acceptors (Lipinski definition) is 9. The molecule has 178 valence electrons. The molecule has 13 heteroatoms. The third-order valence-corrected chi connectivity index (χ3v) is 7.45. The van der Waals surface area contributed by atoms with E-state index in [1.807, 2.05) is 0 Å². The predicted molar refractivity (Wildman–Crippen MR) is 122 cm³/mol. The summed E-state index contributed by atoms with van der Waals surface area (Å²) in [7, 11) is 0. The van der Waals surface area contributed by atoms with Gasteiger partial charge in [0.25, 0.3) is 11.6 Å². The van der Waals surface area contributed by atoms with Gasteiger partial charge < -0.3 is 5.32 Å². The Morgan fingerprint density at radius 3 is 2.21 bits per heavy atom.